The summed E-state index contributed by atoms with van der Waals surface area (Å²) < 4.78 is 10.7. The largest absolute Gasteiger partial charge is 0.497 e. The van der Waals surface area contributed by atoms with E-state index >= 15 is 0 Å². The first-order valence-corrected chi connectivity index (χ1v) is 7.76. The van der Waals surface area contributed by atoms with Crippen molar-refractivity contribution in [2.45, 2.75) is 25.8 Å². The lowest BCUT2D eigenvalue weighted by atomic mass is 9.81. The van der Waals surface area contributed by atoms with Crippen LogP contribution >= 0.6 is 0 Å². The Morgan fingerprint density at radius 2 is 2.23 bits per heavy atom. The van der Waals surface area contributed by atoms with Crippen LogP contribution in [0.3, 0.4) is 0 Å². The van der Waals surface area contributed by atoms with E-state index in [1.54, 1.807) is 14.2 Å². The second-order valence-corrected chi connectivity index (χ2v) is 6.40. The zero-order valence-electron chi connectivity index (χ0n) is 13.2. The third kappa shape index (κ3) is 2.43. The van der Waals surface area contributed by atoms with Gasteiger partial charge in [0.25, 0.3) is 0 Å². The Labute approximate surface area is 130 Å². The lowest BCUT2D eigenvalue weighted by Gasteiger charge is -2.24. The van der Waals surface area contributed by atoms with Crippen LogP contribution in [-0.4, -0.2) is 43.3 Å². The van der Waals surface area contributed by atoms with Crippen molar-refractivity contribution in [3.63, 3.8) is 0 Å². The molecular weight excluding hydrogens is 282 g/mol. The third-order valence-corrected chi connectivity index (χ3v) is 5.25. The van der Waals surface area contributed by atoms with Crippen LogP contribution in [0.4, 0.5) is 0 Å². The van der Waals surface area contributed by atoms with Gasteiger partial charge >= 0.3 is 5.97 Å². The number of hydrogen-bond acceptors (Lipinski definition) is 4. The minimum atomic E-state index is -0.630. The molecule has 1 aromatic rings. The molecule has 5 nitrogen and oxygen atoms in total. The SMILES string of the molecule is COc1ccc(OC)c(CN2C[C@@H]3CCC[C@@]3(C(=O)O)C2)c1. The molecule has 1 aromatic carbocycles. The Morgan fingerprint density at radius 1 is 1.41 bits per heavy atom. The average Bonchev–Trinajstić information content (AvgIpc) is 3.05. The predicted molar refractivity (Wildman–Crippen MR) is 82.2 cm³/mol. The van der Waals surface area contributed by atoms with Gasteiger partial charge in [-0.25, -0.2) is 0 Å². The lowest BCUT2D eigenvalue weighted by Crippen LogP contribution is -2.35. The van der Waals surface area contributed by atoms with Gasteiger partial charge in [-0.05, 0) is 37.0 Å². The molecule has 2 aliphatic rings. The van der Waals surface area contributed by atoms with Crippen molar-refractivity contribution in [3.05, 3.63) is 23.8 Å². The van der Waals surface area contributed by atoms with Gasteiger partial charge in [-0.2, -0.15) is 0 Å². The molecule has 1 aliphatic heterocycles. The van der Waals surface area contributed by atoms with Crippen LogP contribution in [-0.2, 0) is 11.3 Å². The molecular formula is C17H23NO4. The van der Waals surface area contributed by atoms with Crippen molar-refractivity contribution in [2.75, 3.05) is 27.3 Å². The summed E-state index contributed by atoms with van der Waals surface area (Å²) in [5.41, 5.74) is 0.508. The van der Waals surface area contributed by atoms with Gasteiger partial charge in [-0.15, -0.1) is 0 Å². The number of benzene rings is 1. The number of fused-ring (bicyclic) bond motifs is 1. The van der Waals surface area contributed by atoms with Crippen LogP contribution in [0.1, 0.15) is 24.8 Å². The van der Waals surface area contributed by atoms with E-state index in [0.29, 0.717) is 13.1 Å². The fourth-order valence-corrected chi connectivity index (χ4v) is 4.11. The molecule has 120 valence electrons. The molecule has 5 heteroatoms. The molecule has 1 heterocycles. The third-order valence-electron chi connectivity index (χ3n) is 5.25. The van der Waals surface area contributed by atoms with Crippen molar-refractivity contribution < 1.29 is 19.4 Å². The van der Waals surface area contributed by atoms with Gasteiger partial charge in [-0.1, -0.05) is 6.42 Å². The van der Waals surface area contributed by atoms with Gasteiger partial charge in [0, 0.05) is 25.2 Å². The zero-order chi connectivity index (χ0) is 15.7. The van der Waals surface area contributed by atoms with E-state index < -0.39 is 11.4 Å². The van der Waals surface area contributed by atoms with Crippen LogP contribution < -0.4 is 9.47 Å². The number of rotatable bonds is 5. The minimum absolute atomic E-state index is 0.279. The van der Waals surface area contributed by atoms with Crippen LogP contribution in [0.15, 0.2) is 18.2 Å². The van der Waals surface area contributed by atoms with E-state index in [4.69, 9.17) is 9.47 Å². The number of carboxylic acids is 1. The molecule has 2 atom stereocenters. The van der Waals surface area contributed by atoms with Gasteiger partial charge in [0.2, 0.25) is 0 Å². The van der Waals surface area contributed by atoms with Crippen LogP contribution in [0, 0.1) is 11.3 Å². The Bertz CT molecular complexity index is 574. The Morgan fingerprint density at radius 3 is 2.86 bits per heavy atom. The Kier molecular flexibility index (Phi) is 4.00. The zero-order valence-corrected chi connectivity index (χ0v) is 13.2. The first-order chi connectivity index (χ1) is 10.6. The van der Waals surface area contributed by atoms with E-state index in [1.807, 2.05) is 18.2 Å². The highest BCUT2D eigenvalue weighted by atomic mass is 16.5. The molecule has 3 rings (SSSR count). The Balaban J connectivity index is 1.79. The number of ether oxygens (including phenoxy) is 2. The van der Waals surface area contributed by atoms with E-state index in [2.05, 4.69) is 4.90 Å². The van der Waals surface area contributed by atoms with Crippen LogP contribution in [0.25, 0.3) is 0 Å². The second-order valence-electron chi connectivity index (χ2n) is 6.40. The molecule has 1 N–H and O–H groups in total. The summed E-state index contributed by atoms with van der Waals surface area (Å²) in [6, 6.07) is 5.75. The summed E-state index contributed by atoms with van der Waals surface area (Å²) in [5.74, 6) is 1.27. The summed E-state index contributed by atoms with van der Waals surface area (Å²) in [6.07, 6.45) is 2.87. The van der Waals surface area contributed by atoms with Gasteiger partial charge in [0.15, 0.2) is 0 Å². The van der Waals surface area contributed by atoms with E-state index in [1.165, 1.54) is 0 Å². The smallest absolute Gasteiger partial charge is 0.311 e. The lowest BCUT2D eigenvalue weighted by molar-refractivity contribution is -0.149. The molecule has 0 aromatic heterocycles. The molecule has 0 radical (unpaired) electrons. The van der Waals surface area contributed by atoms with Crippen molar-refractivity contribution in [1.29, 1.82) is 0 Å². The predicted octanol–water partition coefficient (Wildman–Crippen LogP) is 2.39. The van der Waals surface area contributed by atoms with Crippen LogP contribution in [0.5, 0.6) is 11.5 Å². The second kappa shape index (κ2) is 5.80. The van der Waals surface area contributed by atoms with E-state index in [0.717, 1.165) is 42.9 Å². The topological polar surface area (TPSA) is 59.0 Å². The first kappa shape index (κ1) is 15.2. The fourth-order valence-electron chi connectivity index (χ4n) is 4.11. The fraction of sp³-hybridized carbons (Fsp3) is 0.588. The molecule has 1 saturated heterocycles. The molecule has 0 unspecified atom stereocenters. The standard InChI is InChI=1S/C17H23NO4/c1-21-14-5-6-15(22-2)12(8-14)9-18-10-13-4-3-7-17(13,11-18)16(19)20/h5-6,8,13H,3-4,7,9-11H2,1-2H3,(H,19,20)/t13-,17+/m0/s1. The average molecular weight is 305 g/mol. The quantitative estimate of drug-likeness (QED) is 0.905. The molecule has 0 amide bonds. The summed E-state index contributed by atoms with van der Waals surface area (Å²) in [4.78, 5) is 14.0. The molecule has 1 saturated carbocycles. The number of likely N-dealkylation sites (tertiary alicyclic amines) is 1. The summed E-state index contributed by atoms with van der Waals surface area (Å²) in [7, 11) is 3.30. The monoisotopic (exact) mass is 305 g/mol. The van der Waals surface area contributed by atoms with Crippen molar-refractivity contribution >= 4 is 5.97 Å². The normalized spacial score (nSPS) is 27.6. The van der Waals surface area contributed by atoms with Crippen LogP contribution in [0.2, 0.25) is 0 Å². The van der Waals surface area contributed by atoms with E-state index in [-0.39, 0.29) is 5.92 Å². The van der Waals surface area contributed by atoms with Gasteiger partial charge in [0.1, 0.15) is 11.5 Å². The highest BCUT2D eigenvalue weighted by Crippen LogP contribution is 2.49. The summed E-state index contributed by atoms with van der Waals surface area (Å²) in [5, 5.41) is 9.67. The summed E-state index contributed by atoms with van der Waals surface area (Å²) >= 11 is 0. The molecule has 2 fully saturated rings. The molecule has 0 bridgehead atoms. The van der Waals surface area contributed by atoms with Gasteiger partial charge < -0.3 is 14.6 Å². The van der Waals surface area contributed by atoms with Crippen molar-refractivity contribution in [3.8, 4) is 11.5 Å². The number of nitrogens with zero attached hydrogens (tertiary/aromatic N) is 1. The van der Waals surface area contributed by atoms with Crippen molar-refractivity contribution in [1.82, 2.24) is 4.90 Å². The van der Waals surface area contributed by atoms with E-state index in [9.17, 15) is 9.90 Å². The Hall–Kier alpha value is -1.75. The summed E-state index contributed by atoms with van der Waals surface area (Å²) in [6.45, 7) is 2.19. The number of aliphatic carboxylic acids is 1. The molecule has 1 aliphatic carbocycles. The maximum atomic E-state index is 11.8. The van der Waals surface area contributed by atoms with Gasteiger partial charge in [0.05, 0.1) is 19.6 Å². The maximum absolute atomic E-state index is 11.8. The highest BCUT2D eigenvalue weighted by Gasteiger charge is 2.54. The first-order valence-electron chi connectivity index (χ1n) is 7.76. The van der Waals surface area contributed by atoms with Gasteiger partial charge in [-0.3, -0.25) is 9.69 Å². The molecule has 0 spiro atoms. The highest BCUT2D eigenvalue weighted by molar-refractivity contribution is 5.76. The van der Waals surface area contributed by atoms with Crippen molar-refractivity contribution in [2.24, 2.45) is 11.3 Å². The number of methoxy groups -OCH3 is 2. The maximum Gasteiger partial charge on any atom is 0.311 e. The molecule has 22 heavy (non-hydrogen) atoms. The number of carbonyl (C=O) groups is 1. The minimum Gasteiger partial charge on any atom is -0.497 e. The number of carboxylic acid groups (broad SMARTS) is 1. The number of hydrogen-bond donors (Lipinski definition) is 1.